The second-order valence-electron chi connectivity index (χ2n) is 5.91. The quantitative estimate of drug-likeness (QED) is 0.766. The van der Waals surface area contributed by atoms with Crippen LogP contribution in [0.3, 0.4) is 0 Å². The monoisotopic (exact) mass is 262 g/mol. The molecular weight excluding hydrogens is 240 g/mol. The van der Waals surface area contributed by atoms with Crippen LogP contribution in [0, 0.1) is 0 Å². The minimum atomic E-state index is -0.115. The minimum Gasteiger partial charge on any atom is -0.393 e. The molecule has 2 fully saturated rings. The lowest BCUT2D eigenvalue weighted by Gasteiger charge is -2.32. The van der Waals surface area contributed by atoms with Gasteiger partial charge in [0, 0.05) is 29.8 Å². The van der Waals surface area contributed by atoms with E-state index in [1.54, 1.807) is 6.33 Å². The van der Waals surface area contributed by atoms with Crippen LogP contribution in [0.2, 0.25) is 0 Å². The van der Waals surface area contributed by atoms with Crippen LogP contribution in [-0.4, -0.2) is 33.3 Å². The summed E-state index contributed by atoms with van der Waals surface area (Å²) >= 11 is 0. The Balaban J connectivity index is 1.60. The van der Waals surface area contributed by atoms with Crippen molar-refractivity contribution in [1.82, 2.24) is 9.97 Å². The van der Waals surface area contributed by atoms with Crippen molar-refractivity contribution >= 4 is 5.82 Å². The maximum Gasteiger partial charge on any atom is 0.129 e. The fraction of sp³-hybridized carbons (Fsp3) is 0.714. The summed E-state index contributed by atoms with van der Waals surface area (Å²) in [5, 5.41) is 13.0. The number of nitrogens with two attached hydrogens (primary N) is 1. The fourth-order valence-electron chi connectivity index (χ4n) is 3.01. The summed E-state index contributed by atoms with van der Waals surface area (Å²) < 4.78 is 0. The van der Waals surface area contributed by atoms with E-state index in [0.717, 1.165) is 50.0 Å². The van der Waals surface area contributed by atoms with Crippen LogP contribution in [0.4, 0.5) is 5.82 Å². The lowest BCUT2D eigenvalue weighted by atomic mass is 9.78. The van der Waals surface area contributed by atoms with Crippen LogP contribution in [-0.2, 0) is 0 Å². The van der Waals surface area contributed by atoms with Crippen molar-refractivity contribution in [2.24, 2.45) is 5.73 Å². The SMILES string of the molecule is NC1CC(c2cc(NC3CCC(O)CC3)ncn2)C1. The number of hydrogen-bond donors (Lipinski definition) is 3. The lowest BCUT2D eigenvalue weighted by molar-refractivity contribution is 0.126. The van der Waals surface area contributed by atoms with Crippen LogP contribution >= 0.6 is 0 Å². The molecule has 2 saturated carbocycles. The molecule has 2 aliphatic rings. The zero-order valence-corrected chi connectivity index (χ0v) is 11.1. The molecule has 0 unspecified atom stereocenters. The van der Waals surface area contributed by atoms with Crippen LogP contribution in [0.1, 0.15) is 50.1 Å². The van der Waals surface area contributed by atoms with Crippen molar-refractivity contribution in [3.8, 4) is 0 Å². The predicted octanol–water partition coefficient (Wildman–Crippen LogP) is 1.40. The van der Waals surface area contributed by atoms with Gasteiger partial charge in [0.1, 0.15) is 12.1 Å². The molecule has 1 aromatic heterocycles. The van der Waals surface area contributed by atoms with Gasteiger partial charge in [-0.15, -0.1) is 0 Å². The molecule has 5 heteroatoms. The molecule has 19 heavy (non-hydrogen) atoms. The van der Waals surface area contributed by atoms with E-state index in [1.807, 2.05) is 0 Å². The first-order chi connectivity index (χ1) is 9.20. The Morgan fingerprint density at radius 2 is 1.89 bits per heavy atom. The van der Waals surface area contributed by atoms with E-state index < -0.39 is 0 Å². The molecule has 5 nitrogen and oxygen atoms in total. The van der Waals surface area contributed by atoms with Gasteiger partial charge in [0.05, 0.1) is 6.10 Å². The lowest BCUT2D eigenvalue weighted by Crippen LogP contribution is -2.35. The predicted molar refractivity (Wildman–Crippen MR) is 73.9 cm³/mol. The summed E-state index contributed by atoms with van der Waals surface area (Å²) in [5.41, 5.74) is 6.93. The van der Waals surface area contributed by atoms with Crippen LogP contribution in [0.5, 0.6) is 0 Å². The molecule has 2 aliphatic carbocycles. The molecule has 3 rings (SSSR count). The third-order valence-electron chi connectivity index (χ3n) is 4.33. The summed E-state index contributed by atoms with van der Waals surface area (Å²) in [6, 6.07) is 2.83. The first kappa shape index (κ1) is 12.8. The molecule has 104 valence electrons. The highest BCUT2D eigenvalue weighted by Crippen LogP contribution is 2.35. The minimum absolute atomic E-state index is 0.115. The van der Waals surface area contributed by atoms with E-state index >= 15 is 0 Å². The number of hydrogen-bond acceptors (Lipinski definition) is 5. The molecule has 0 amide bonds. The number of aromatic nitrogens is 2. The zero-order chi connectivity index (χ0) is 13.2. The Morgan fingerprint density at radius 3 is 2.58 bits per heavy atom. The van der Waals surface area contributed by atoms with Crippen LogP contribution < -0.4 is 11.1 Å². The normalized spacial score (nSPS) is 34.6. The molecule has 1 heterocycles. The molecule has 0 aromatic carbocycles. The van der Waals surface area contributed by atoms with Crippen molar-refractivity contribution in [3.63, 3.8) is 0 Å². The number of rotatable bonds is 3. The molecule has 1 aromatic rings. The Kier molecular flexibility index (Phi) is 3.66. The molecular formula is C14H22N4O. The summed E-state index contributed by atoms with van der Waals surface area (Å²) in [7, 11) is 0. The van der Waals surface area contributed by atoms with E-state index in [4.69, 9.17) is 5.73 Å². The average Bonchev–Trinajstić information content (AvgIpc) is 2.38. The van der Waals surface area contributed by atoms with Crippen molar-refractivity contribution in [3.05, 3.63) is 18.1 Å². The summed E-state index contributed by atoms with van der Waals surface area (Å²) in [6.45, 7) is 0. The smallest absolute Gasteiger partial charge is 0.129 e. The van der Waals surface area contributed by atoms with Gasteiger partial charge in [-0.1, -0.05) is 0 Å². The van der Waals surface area contributed by atoms with Gasteiger partial charge in [0.15, 0.2) is 0 Å². The van der Waals surface area contributed by atoms with Gasteiger partial charge in [0.2, 0.25) is 0 Å². The summed E-state index contributed by atoms with van der Waals surface area (Å²) in [5.74, 6) is 1.42. The van der Waals surface area contributed by atoms with Gasteiger partial charge in [0.25, 0.3) is 0 Å². The van der Waals surface area contributed by atoms with E-state index in [1.165, 1.54) is 0 Å². The highest BCUT2D eigenvalue weighted by molar-refractivity contribution is 5.37. The van der Waals surface area contributed by atoms with Crippen molar-refractivity contribution < 1.29 is 5.11 Å². The zero-order valence-electron chi connectivity index (χ0n) is 11.1. The molecule has 4 N–H and O–H groups in total. The Hall–Kier alpha value is -1.20. The van der Waals surface area contributed by atoms with Crippen molar-refractivity contribution in [2.75, 3.05) is 5.32 Å². The Morgan fingerprint density at radius 1 is 1.16 bits per heavy atom. The maximum atomic E-state index is 9.51. The fourth-order valence-corrected chi connectivity index (χ4v) is 3.01. The van der Waals surface area contributed by atoms with Gasteiger partial charge in [-0.2, -0.15) is 0 Å². The van der Waals surface area contributed by atoms with Gasteiger partial charge in [-0.05, 0) is 38.5 Å². The van der Waals surface area contributed by atoms with Crippen molar-refractivity contribution in [2.45, 2.75) is 62.6 Å². The van der Waals surface area contributed by atoms with E-state index in [-0.39, 0.29) is 6.10 Å². The number of nitrogens with zero attached hydrogens (tertiary/aromatic N) is 2. The first-order valence-electron chi connectivity index (χ1n) is 7.23. The molecule has 0 bridgehead atoms. The number of nitrogens with one attached hydrogen (secondary N) is 1. The summed E-state index contributed by atoms with van der Waals surface area (Å²) in [6.07, 6.45) is 7.37. The number of aliphatic hydroxyl groups is 1. The Bertz CT molecular complexity index is 425. The molecule has 0 saturated heterocycles. The molecule has 0 spiro atoms. The first-order valence-corrected chi connectivity index (χ1v) is 7.23. The number of aliphatic hydroxyl groups excluding tert-OH is 1. The van der Waals surface area contributed by atoms with E-state index in [2.05, 4.69) is 21.4 Å². The molecule has 0 radical (unpaired) electrons. The van der Waals surface area contributed by atoms with Gasteiger partial charge in [-0.25, -0.2) is 9.97 Å². The molecule has 0 aliphatic heterocycles. The van der Waals surface area contributed by atoms with Crippen LogP contribution in [0.25, 0.3) is 0 Å². The van der Waals surface area contributed by atoms with E-state index in [9.17, 15) is 5.11 Å². The Labute approximate surface area is 113 Å². The maximum absolute atomic E-state index is 9.51. The third kappa shape index (κ3) is 3.04. The summed E-state index contributed by atoms with van der Waals surface area (Å²) in [4.78, 5) is 8.65. The second-order valence-corrected chi connectivity index (χ2v) is 5.91. The van der Waals surface area contributed by atoms with Gasteiger partial charge in [-0.3, -0.25) is 0 Å². The van der Waals surface area contributed by atoms with Crippen molar-refractivity contribution in [1.29, 1.82) is 0 Å². The molecule has 0 atom stereocenters. The average molecular weight is 262 g/mol. The highest BCUT2D eigenvalue weighted by Gasteiger charge is 2.28. The van der Waals surface area contributed by atoms with Gasteiger partial charge >= 0.3 is 0 Å². The van der Waals surface area contributed by atoms with E-state index in [0.29, 0.717) is 18.0 Å². The largest absolute Gasteiger partial charge is 0.393 e. The number of anilines is 1. The van der Waals surface area contributed by atoms with Crippen LogP contribution in [0.15, 0.2) is 12.4 Å². The second kappa shape index (κ2) is 5.43. The van der Waals surface area contributed by atoms with Gasteiger partial charge < -0.3 is 16.2 Å². The highest BCUT2D eigenvalue weighted by atomic mass is 16.3. The third-order valence-corrected chi connectivity index (χ3v) is 4.33. The standard InChI is InChI=1S/C14H22N4O/c15-10-5-9(6-10)13-7-14(17-8-16-13)18-11-1-3-12(19)4-2-11/h7-12,19H,1-6,15H2,(H,16,17,18). The topological polar surface area (TPSA) is 84.1 Å².